The van der Waals surface area contributed by atoms with Crippen LogP contribution in [-0.2, 0) is 14.4 Å². The van der Waals surface area contributed by atoms with Gasteiger partial charge in [-0.25, -0.2) is 0 Å². The lowest BCUT2D eigenvalue weighted by molar-refractivity contribution is -0.217. The number of hydrogen-bond acceptors (Lipinski definition) is 11. The van der Waals surface area contributed by atoms with Gasteiger partial charge in [0.2, 0.25) is 17.7 Å². The van der Waals surface area contributed by atoms with E-state index in [1.807, 2.05) is 0 Å². The molecule has 5 aliphatic rings. The predicted molar refractivity (Wildman–Crippen MR) is 176 cm³/mol. The number of nitrogen functional groups attached to an aromatic ring is 1. The van der Waals surface area contributed by atoms with E-state index in [1.165, 1.54) is 0 Å². The number of benzene rings is 2. The number of phenolic OH excluding ortho intramolecular Hbond substituents is 1. The number of carbonyl (C=O) groups is 5. The van der Waals surface area contributed by atoms with Crippen molar-refractivity contribution in [2.45, 2.75) is 57.4 Å². The SMILES string of the molecule is Nc1nnc(-c2ccccc2O)cc1OCC12CC(C(=O)NCCCCCNc3ccc4c(c3)C(=O)N(C3CCC(=O)NC3=O)C4=O)(C1)C2. The summed E-state index contributed by atoms with van der Waals surface area (Å²) in [4.78, 5) is 63.6. The average Bonchev–Trinajstić information content (AvgIpc) is 3.29. The summed E-state index contributed by atoms with van der Waals surface area (Å²) >= 11 is 0. The van der Waals surface area contributed by atoms with Gasteiger partial charge in [-0.2, -0.15) is 0 Å². The Hall–Kier alpha value is -5.53. The Morgan fingerprint density at radius 1 is 0.959 bits per heavy atom. The highest BCUT2D eigenvalue weighted by atomic mass is 16.5. The molecule has 1 atom stereocenters. The third-order valence-electron chi connectivity index (χ3n) is 10.0. The molecule has 6 N–H and O–H groups in total. The van der Waals surface area contributed by atoms with Gasteiger partial charge >= 0.3 is 0 Å². The number of anilines is 2. The maximum atomic E-state index is 13.0. The van der Waals surface area contributed by atoms with Gasteiger partial charge in [0.05, 0.1) is 23.1 Å². The van der Waals surface area contributed by atoms with Crippen LogP contribution in [0.25, 0.3) is 11.3 Å². The number of nitrogens with two attached hydrogens (primary N) is 1. The number of para-hydroxylation sites is 1. The third-order valence-corrected chi connectivity index (χ3v) is 10.0. The summed E-state index contributed by atoms with van der Waals surface area (Å²) in [5.74, 6) is -1.36. The van der Waals surface area contributed by atoms with Crippen LogP contribution in [-0.4, -0.2) is 75.5 Å². The van der Waals surface area contributed by atoms with E-state index in [-0.39, 0.29) is 52.3 Å². The van der Waals surface area contributed by atoms with Crippen molar-refractivity contribution in [1.82, 2.24) is 25.7 Å². The van der Waals surface area contributed by atoms with Crippen LogP contribution in [0.1, 0.15) is 72.1 Å². The highest BCUT2D eigenvalue weighted by Gasteiger charge is 2.71. The largest absolute Gasteiger partial charge is 0.507 e. The summed E-state index contributed by atoms with van der Waals surface area (Å²) < 4.78 is 6.04. The van der Waals surface area contributed by atoms with Crippen molar-refractivity contribution < 1.29 is 33.8 Å². The van der Waals surface area contributed by atoms with Crippen LogP contribution in [0.15, 0.2) is 48.5 Å². The van der Waals surface area contributed by atoms with E-state index < -0.39 is 29.7 Å². The van der Waals surface area contributed by atoms with Crippen molar-refractivity contribution in [1.29, 1.82) is 0 Å². The second-order valence-electron chi connectivity index (χ2n) is 13.5. The maximum absolute atomic E-state index is 13.0. The quantitative estimate of drug-likeness (QED) is 0.132. The minimum Gasteiger partial charge on any atom is -0.507 e. The molecule has 14 nitrogen and oxygen atoms in total. The number of piperidine rings is 1. The van der Waals surface area contributed by atoms with Crippen LogP contribution in [0.5, 0.6) is 11.5 Å². The molecule has 254 valence electrons. The minimum absolute atomic E-state index is 0.0492. The summed E-state index contributed by atoms with van der Waals surface area (Å²) in [7, 11) is 0. The highest BCUT2D eigenvalue weighted by molar-refractivity contribution is 6.23. The molecule has 14 heteroatoms. The summed E-state index contributed by atoms with van der Waals surface area (Å²) in [6, 6.07) is 12.5. The number of ether oxygens (including phenoxy) is 1. The zero-order valence-corrected chi connectivity index (χ0v) is 26.8. The van der Waals surface area contributed by atoms with Crippen LogP contribution < -0.4 is 26.4 Å². The topological polar surface area (TPSA) is 206 Å². The van der Waals surface area contributed by atoms with E-state index >= 15 is 0 Å². The molecule has 1 aromatic heterocycles. The number of fused-ring (bicyclic) bond motifs is 1. The number of nitrogens with zero attached hydrogens (tertiary/aromatic N) is 3. The van der Waals surface area contributed by atoms with Crippen LogP contribution in [0.4, 0.5) is 11.5 Å². The number of phenols is 1. The van der Waals surface area contributed by atoms with Gasteiger partial charge in [0.25, 0.3) is 11.8 Å². The van der Waals surface area contributed by atoms with Gasteiger partial charge in [-0.3, -0.25) is 34.2 Å². The second-order valence-corrected chi connectivity index (χ2v) is 13.5. The van der Waals surface area contributed by atoms with Gasteiger partial charge in [0.15, 0.2) is 11.6 Å². The first-order valence-corrected chi connectivity index (χ1v) is 16.5. The standard InChI is InChI=1S/C35H37N7O7/c36-29-27(15-24(40-41-29)22-6-2-3-7-26(22)43)49-19-34-16-35(17-34,18-34)33(48)38-13-5-1-4-12-37-20-8-9-21-23(14-20)32(47)42(31(21)46)25-10-11-28(44)39-30(25)45/h2-3,6-9,14-15,25,37,43H,1,4-5,10-13,16-19H2,(H2,36,41)(H,38,48)(H,39,44,45). The van der Waals surface area contributed by atoms with Gasteiger partial charge in [0, 0.05) is 42.2 Å². The summed E-state index contributed by atoms with van der Waals surface area (Å²) in [6.45, 7) is 1.66. The summed E-state index contributed by atoms with van der Waals surface area (Å²) in [5.41, 5.74) is 7.80. The van der Waals surface area contributed by atoms with Gasteiger partial charge in [-0.15, -0.1) is 10.2 Å². The monoisotopic (exact) mass is 667 g/mol. The zero-order chi connectivity index (χ0) is 34.3. The fraction of sp³-hybridized carbons (Fsp3) is 0.400. The Kier molecular flexibility index (Phi) is 8.17. The normalized spacial score (nSPS) is 23.7. The molecule has 8 rings (SSSR count). The molecule has 3 heterocycles. The van der Waals surface area contributed by atoms with Crippen molar-refractivity contribution in [3.05, 3.63) is 59.7 Å². The van der Waals surface area contributed by atoms with E-state index in [1.54, 1.807) is 48.5 Å². The van der Waals surface area contributed by atoms with Crippen molar-refractivity contribution >= 4 is 41.0 Å². The molecule has 2 aromatic carbocycles. The van der Waals surface area contributed by atoms with E-state index in [4.69, 9.17) is 10.5 Å². The molecule has 3 aromatic rings. The van der Waals surface area contributed by atoms with Gasteiger partial charge in [-0.05, 0) is 75.3 Å². The smallest absolute Gasteiger partial charge is 0.262 e. The Bertz CT molecular complexity index is 1860. The Labute approximate surface area is 281 Å². The molecular weight excluding hydrogens is 630 g/mol. The van der Waals surface area contributed by atoms with Crippen LogP contribution in [0, 0.1) is 10.8 Å². The number of unbranched alkanes of at least 4 members (excludes halogenated alkanes) is 2. The van der Waals surface area contributed by atoms with E-state index in [2.05, 4.69) is 26.1 Å². The molecular formula is C35H37N7O7. The number of nitrogens with one attached hydrogen (secondary N) is 3. The fourth-order valence-corrected chi connectivity index (χ4v) is 7.57. The van der Waals surface area contributed by atoms with Gasteiger partial charge < -0.3 is 26.2 Å². The van der Waals surface area contributed by atoms with E-state index in [0.717, 1.165) is 43.4 Å². The molecule has 0 spiro atoms. The first-order valence-electron chi connectivity index (χ1n) is 16.5. The third kappa shape index (κ3) is 5.91. The molecule has 1 saturated heterocycles. The van der Waals surface area contributed by atoms with Crippen molar-refractivity contribution in [2.75, 3.05) is 30.7 Å². The number of carbonyl (C=O) groups excluding carboxylic acids is 5. The lowest BCUT2D eigenvalue weighted by atomic mass is 9.35. The Morgan fingerprint density at radius 3 is 2.49 bits per heavy atom. The fourth-order valence-electron chi connectivity index (χ4n) is 7.57. The highest BCUT2D eigenvalue weighted by Crippen LogP contribution is 2.73. The molecule has 1 unspecified atom stereocenters. The van der Waals surface area contributed by atoms with Crippen molar-refractivity contribution in [3.8, 4) is 22.8 Å². The predicted octanol–water partition coefficient (Wildman–Crippen LogP) is 2.78. The molecule has 3 saturated carbocycles. The number of hydrogen-bond donors (Lipinski definition) is 5. The molecule has 3 aliphatic carbocycles. The molecule has 2 bridgehead atoms. The first-order chi connectivity index (χ1) is 23.6. The van der Waals surface area contributed by atoms with Crippen LogP contribution >= 0.6 is 0 Å². The van der Waals surface area contributed by atoms with Gasteiger partial charge in [0.1, 0.15) is 17.5 Å². The molecule has 2 aliphatic heterocycles. The second kappa shape index (κ2) is 12.5. The molecule has 4 fully saturated rings. The van der Waals surface area contributed by atoms with Crippen molar-refractivity contribution in [3.63, 3.8) is 0 Å². The Morgan fingerprint density at radius 2 is 1.71 bits per heavy atom. The Balaban J connectivity index is 0.802. The van der Waals surface area contributed by atoms with E-state index in [9.17, 15) is 29.1 Å². The van der Waals surface area contributed by atoms with E-state index in [0.29, 0.717) is 42.4 Å². The summed E-state index contributed by atoms with van der Waals surface area (Å²) in [6.07, 6.45) is 5.03. The number of amides is 5. The zero-order valence-electron chi connectivity index (χ0n) is 26.8. The van der Waals surface area contributed by atoms with Crippen LogP contribution in [0.3, 0.4) is 0 Å². The van der Waals surface area contributed by atoms with Crippen LogP contribution in [0.2, 0.25) is 0 Å². The number of aromatic nitrogens is 2. The lowest BCUT2D eigenvalue weighted by Crippen LogP contribution is -2.69. The minimum atomic E-state index is -0.992. The maximum Gasteiger partial charge on any atom is 0.262 e. The molecule has 49 heavy (non-hydrogen) atoms. The summed E-state index contributed by atoms with van der Waals surface area (Å²) in [5, 5.41) is 26.8. The number of aromatic hydroxyl groups is 1. The molecule has 5 amide bonds. The average molecular weight is 668 g/mol. The number of rotatable bonds is 13. The lowest BCUT2D eigenvalue weighted by Gasteiger charge is -2.68. The van der Waals surface area contributed by atoms with Gasteiger partial charge in [-0.1, -0.05) is 12.1 Å². The first kappa shape index (κ1) is 32.0. The number of imide groups is 2. The molecule has 0 radical (unpaired) electrons. The van der Waals surface area contributed by atoms with Crippen molar-refractivity contribution in [2.24, 2.45) is 10.8 Å².